The number of ether oxygens (including phenoxy) is 12. The van der Waals surface area contributed by atoms with Gasteiger partial charge in [-0.2, -0.15) is 13.2 Å². The van der Waals surface area contributed by atoms with E-state index < -0.39 is 88.9 Å². The summed E-state index contributed by atoms with van der Waals surface area (Å²) in [7, 11) is 9.58. The van der Waals surface area contributed by atoms with E-state index in [1.165, 1.54) is 68.0 Å². The van der Waals surface area contributed by atoms with Crippen LogP contribution in [0.4, 0.5) is 13.2 Å². The molecule has 0 saturated carbocycles. The van der Waals surface area contributed by atoms with Crippen molar-refractivity contribution in [3.8, 4) is 0 Å². The molecule has 2 amide bonds. The van der Waals surface area contributed by atoms with Gasteiger partial charge >= 0.3 is 77.8 Å². The van der Waals surface area contributed by atoms with Crippen molar-refractivity contribution in [1.82, 2.24) is 4.90 Å². The highest BCUT2D eigenvalue weighted by molar-refractivity contribution is 6.14. The quantitative estimate of drug-likeness (QED) is 0.0487. The largest absolute Gasteiger partial charge is 0.490 e. The summed E-state index contributed by atoms with van der Waals surface area (Å²) in [4.78, 5) is 150. The minimum atomic E-state index is -4.85. The van der Waals surface area contributed by atoms with E-state index in [4.69, 9.17) is 9.47 Å². The van der Waals surface area contributed by atoms with Crippen LogP contribution in [0.1, 0.15) is 80.7 Å². The maximum absolute atomic E-state index is 11.3. The molecule has 1 aliphatic rings. The molecule has 0 aromatic heterocycles. The third-order valence-corrected chi connectivity index (χ3v) is 8.39. The lowest BCUT2D eigenvalue weighted by Crippen LogP contribution is -2.35. The van der Waals surface area contributed by atoms with Crippen molar-refractivity contribution in [2.75, 3.05) is 76.6 Å². The molecule has 0 bridgehead atoms. The number of nitrogens with zero attached hydrogens (tertiary/aromatic N) is 1. The summed E-state index contributed by atoms with van der Waals surface area (Å²) in [6.07, 6.45) is 7.13. The number of benzene rings is 1. The Labute approximate surface area is 532 Å². The van der Waals surface area contributed by atoms with E-state index >= 15 is 0 Å². The molecule has 1 aromatic carbocycles. The Hall–Kier alpha value is -10.3. The second-order valence-electron chi connectivity index (χ2n) is 19.4. The highest BCUT2D eigenvalue weighted by Crippen LogP contribution is 2.16. The van der Waals surface area contributed by atoms with Gasteiger partial charge in [0.2, 0.25) is 0 Å². The Morgan fingerprint density at radius 2 is 0.826 bits per heavy atom. The lowest BCUT2D eigenvalue weighted by Gasteiger charge is -2.19. The molecule has 92 heavy (non-hydrogen) atoms. The maximum Gasteiger partial charge on any atom is 0.490 e. The molecule has 0 N–H and O–H groups in total. The van der Waals surface area contributed by atoms with Crippen molar-refractivity contribution in [2.24, 2.45) is 5.41 Å². The van der Waals surface area contributed by atoms with Crippen molar-refractivity contribution < 1.29 is 137 Å². The molecule has 27 nitrogen and oxygen atoms in total. The molecule has 1 aliphatic heterocycles. The molecular formula is C62H84F3NO26. The molecule has 514 valence electrons. The van der Waals surface area contributed by atoms with Crippen LogP contribution >= 0.6 is 0 Å². The highest BCUT2D eigenvalue weighted by Gasteiger charge is 2.40. The number of amides is 2. The molecule has 1 heterocycles. The predicted octanol–water partition coefficient (Wildman–Crippen LogP) is 6.67. The first-order chi connectivity index (χ1) is 42.4. The summed E-state index contributed by atoms with van der Waals surface area (Å²) in [6, 6.07) is 9.59. The van der Waals surface area contributed by atoms with Gasteiger partial charge in [-0.25, -0.2) is 38.4 Å². The fourth-order valence-corrected chi connectivity index (χ4v) is 4.16. The van der Waals surface area contributed by atoms with E-state index in [0.717, 1.165) is 46.9 Å². The lowest BCUT2D eigenvalue weighted by molar-refractivity contribution is -0.196. The molecule has 1 aromatic rings. The SMILES string of the molecule is C=C(CC(=O)OC)C(=O)OC(C)(C)C.C=CCOC(=O)/C=C\C(=O)OC.C=CCOC(=O)C(=C)CC(=O)OC.COC(=O)/C=C/C(=O)OC(C)(C)C.COC(=O)/C=C/c1ccccc1.COC(=O)C(C)(C)C.COC(=O)C(F)(F)F.COC(=O)CN1C(=O)C=CC1=O. The van der Waals surface area contributed by atoms with Crippen molar-refractivity contribution in [1.29, 1.82) is 0 Å². The van der Waals surface area contributed by atoms with Crippen LogP contribution in [0.5, 0.6) is 0 Å². The number of esters is 12. The van der Waals surface area contributed by atoms with E-state index in [0.29, 0.717) is 7.11 Å². The Morgan fingerprint density at radius 3 is 1.15 bits per heavy atom. The van der Waals surface area contributed by atoms with Crippen LogP contribution in [-0.4, -0.2) is 182 Å². The number of methoxy groups -OCH3 is 8. The number of carbonyl (C=O) groups excluding carboxylic acids is 14. The fourth-order valence-electron chi connectivity index (χ4n) is 4.16. The average molecular weight is 1320 g/mol. The van der Waals surface area contributed by atoms with Gasteiger partial charge in [-0.15, -0.1) is 0 Å². The highest BCUT2D eigenvalue weighted by atomic mass is 19.4. The van der Waals surface area contributed by atoms with Crippen molar-refractivity contribution in [2.45, 2.75) is 92.5 Å². The summed E-state index contributed by atoms with van der Waals surface area (Å²) in [5, 5.41) is 0. The first-order valence-corrected chi connectivity index (χ1v) is 26.1. The Balaban J connectivity index is -0.000000231. The Kier molecular flexibility index (Phi) is 52.1. The van der Waals surface area contributed by atoms with E-state index in [2.05, 4.69) is 73.7 Å². The van der Waals surface area contributed by atoms with Gasteiger partial charge < -0.3 is 56.8 Å². The smallest absolute Gasteiger partial charge is 0.469 e. The number of imide groups is 1. The zero-order chi connectivity index (χ0) is 73.0. The standard InChI is InChI=1S/C10H16O4.C10H10O2.C9H14O4.C9H12O4.C8H10O4.C7H7NO4.C6H12O2.C3H3F3O2/c1-7(6-8(11)13-5)9(12)14-10(2,3)4;1-12-10(11)8-7-9-5-3-2-4-6-9;1-9(2,3)13-8(11)6-5-7(10)12-4;1-4-5-13-9(11)7(2)6-8(10)12-3;1-3-6-12-8(10)5-4-7(9)11-2;1-12-7(11)4-8-5(9)2-3-6(8)10;1-6(2,3)5(7)8-4;1-8-2(7)3(4,5)6/h1,6H2,2-5H3;2-8H,1H3;5-6H,1-4H3;4H,1-2,5-6H2,3H3;3-5H,1,6H2,2H3;2-3H,4H2,1H3;1-4H3;1H3/b;8-7+;6-5+;;5-4-;;;. The summed E-state index contributed by atoms with van der Waals surface area (Å²) in [5.74, 6) is -8.76. The van der Waals surface area contributed by atoms with Gasteiger partial charge in [0, 0.05) is 53.7 Å². The van der Waals surface area contributed by atoms with Crippen LogP contribution in [-0.2, 0) is 124 Å². The summed E-state index contributed by atoms with van der Waals surface area (Å²) in [5.41, 5.74) is -0.300. The Bertz CT molecular complexity index is 2690. The first kappa shape index (κ1) is 92.9. The molecule has 0 unspecified atom stereocenters. The van der Waals surface area contributed by atoms with Crippen molar-refractivity contribution in [3.63, 3.8) is 0 Å². The predicted molar refractivity (Wildman–Crippen MR) is 323 cm³/mol. The van der Waals surface area contributed by atoms with Crippen LogP contribution < -0.4 is 0 Å². The van der Waals surface area contributed by atoms with Gasteiger partial charge in [0.05, 0.1) is 75.1 Å². The summed E-state index contributed by atoms with van der Waals surface area (Å²) < 4.78 is 85.8. The van der Waals surface area contributed by atoms with Crippen molar-refractivity contribution in [3.05, 3.63) is 128 Å². The van der Waals surface area contributed by atoms with Crippen LogP contribution in [0, 0.1) is 5.41 Å². The third kappa shape index (κ3) is 58.7. The number of carbonyl (C=O) groups is 14. The van der Waals surface area contributed by atoms with E-state index in [9.17, 15) is 80.3 Å². The summed E-state index contributed by atoms with van der Waals surface area (Å²) in [6.45, 7) is 29.4. The molecule has 0 atom stereocenters. The molecule has 0 spiro atoms. The number of halogens is 3. The summed E-state index contributed by atoms with van der Waals surface area (Å²) >= 11 is 0. The van der Waals surface area contributed by atoms with Crippen LogP contribution in [0.3, 0.4) is 0 Å². The second-order valence-corrected chi connectivity index (χ2v) is 19.4. The van der Waals surface area contributed by atoms with Gasteiger partial charge in [0.15, 0.2) is 0 Å². The van der Waals surface area contributed by atoms with E-state index in [-0.39, 0.29) is 61.1 Å². The molecule has 0 aliphatic carbocycles. The minimum Gasteiger partial charge on any atom is -0.469 e. The fraction of sp³-hybridized carbons (Fsp3) is 0.419. The molecule has 0 fully saturated rings. The molecule has 0 radical (unpaired) electrons. The minimum absolute atomic E-state index is 0.0775. The molecule has 30 heteroatoms. The Morgan fingerprint density at radius 1 is 0.457 bits per heavy atom. The number of hydrogen-bond acceptors (Lipinski definition) is 26. The van der Waals surface area contributed by atoms with Crippen LogP contribution in [0.25, 0.3) is 6.08 Å². The maximum atomic E-state index is 11.3. The van der Waals surface area contributed by atoms with E-state index in [1.807, 2.05) is 51.1 Å². The van der Waals surface area contributed by atoms with Gasteiger partial charge in [0.1, 0.15) is 31.0 Å². The lowest BCUT2D eigenvalue weighted by atomic mass is 9.98. The topological polar surface area (TPSA) is 353 Å². The van der Waals surface area contributed by atoms with Gasteiger partial charge in [-0.05, 0) is 74.0 Å². The molecule has 0 saturated heterocycles. The van der Waals surface area contributed by atoms with Gasteiger partial charge in [-0.1, -0.05) is 68.8 Å². The van der Waals surface area contributed by atoms with E-state index in [1.54, 1.807) is 47.6 Å². The van der Waals surface area contributed by atoms with Crippen LogP contribution in [0.15, 0.2) is 122 Å². The van der Waals surface area contributed by atoms with Crippen LogP contribution in [0.2, 0.25) is 0 Å². The molecular weight excluding hydrogens is 1230 g/mol. The third-order valence-electron chi connectivity index (χ3n) is 8.39. The van der Waals surface area contributed by atoms with Gasteiger partial charge in [-0.3, -0.25) is 33.7 Å². The molecule has 2 rings (SSSR count). The second kappa shape index (κ2) is 51.6. The van der Waals surface area contributed by atoms with Gasteiger partial charge in [0.25, 0.3) is 11.8 Å². The normalized spacial score (nSPS) is 10.9. The monoisotopic (exact) mass is 1320 g/mol. The zero-order valence-electron chi connectivity index (χ0n) is 54.7. The number of hydrogen-bond donors (Lipinski definition) is 0. The first-order valence-electron chi connectivity index (χ1n) is 26.1. The number of rotatable bonds is 18. The number of alkyl halides is 3. The average Bonchev–Trinajstić information content (AvgIpc) is 1.96. The van der Waals surface area contributed by atoms with Crippen molar-refractivity contribution >= 4 is 89.5 Å². The zero-order valence-corrected chi connectivity index (χ0v) is 54.7.